The highest BCUT2D eigenvalue weighted by Crippen LogP contribution is 2.37. The van der Waals surface area contributed by atoms with Gasteiger partial charge in [0.2, 0.25) is 0 Å². The quantitative estimate of drug-likeness (QED) is 0.113. The van der Waals surface area contributed by atoms with Crippen LogP contribution in [-0.4, -0.2) is 32.9 Å². The van der Waals surface area contributed by atoms with Crippen molar-refractivity contribution in [3.8, 4) is 28.5 Å². The third-order valence-electron chi connectivity index (χ3n) is 3.84. The summed E-state index contributed by atoms with van der Waals surface area (Å²) in [7, 11) is 0.515. The van der Waals surface area contributed by atoms with Gasteiger partial charge < -0.3 is 19.9 Å². The van der Waals surface area contributed by atoms with Crippen molar-refractivity contribution in [1.82, 2.24) is 9.97 Å². The van der Waals surface area contributed by atoms with Crippen molar-refractivity contribution >= 4 is 94.0 Å². The molecule has 1 radical (unpaired) electrons. The molecule has 0 spiro atoms. The fourth-order valence-corrected chi connectivity index (χ4v) is 4.08. The number of pyridine rings is 2. The highest BCUT2D eigenvalue weighted by molar-refractivity contribution is 14.1. The molecule has 6 nitrogen and oxygen atoms in total. The predicted molar refractivity (Wildman–Crippen MR) is 156 cm³/mol. The van der Waals surface area contributed by atoms with Gasteiger partial charge in [-0.3, -0.25) is 4.98 Å². The third-order valence-corrected chi connectivity index (χ3v) is 8.00. The predicted octanol–water partition coefficient (Wildman–Crippen LogP) is 7.49. The summed E-state index contributed by atoms with van der Waals surface area (Å²) in [5.74, 6) is 0.386. The summed E-state index contributed by atoms with van der Waals surface area (Å²) in [6.45, 7) is 0. The summed E-state index contributed by atoms with van der Waals surface area (Å²) in [5.41, 5.74) is 1.44. The van der Waals surface area contributed by atoms with E-state index in [9.17, 15) is 10.2 Å². The highest BCUT2D eigenvalue weighted by atomic mass is 127. The molecule has 2 aromatic heterocycles. The number of aromatic nitrogens is 2. The van der Waals surface area contributed by atoms with Crippen LogP contribution in [0.15, 0.2) is 90.9 Å². The SMILES string of the molecule is Brc1cccnc1I.O[B]Oc1cccc(Br)c1O.Oc1c(Br)cccc1-c1ncccc1Br. The van der Waals surface area contributed by atoms with Crippen LogP contribution in [0.1, 0.15) is 0 Å². The van der Waals surface area contributed by atoms with Crippen LogP contribution in [0.25, 0.3) is 11.3 Å². The van der Waals surface area contributed by atoms with E-state index in [1.165, 1.54) is 6.07 Å². The molecule has 2 heterocycles. The largest absolute Gasteiger partial charge is 0.569 e. The molecule has 0 atom stereocenters. The Bertz CT molecular complexity index is 1220. The molecule has 0 bridgehead atoms. The van der Waals surface area contributed by atoms with Crippen LogP contribution in [0.2, 0.25) is 0 Å². The monoisotopic (exact) mass is 825 g/mol. The standard InChI is InChI=1S/C11H7Br2NO.C6H5BBrO3.C5H3BrIN/c12-8-5-2-6-14-10(8)7-3-1-4-9(13)11(7)15;8-4-2-1-3-5(6(4)9)11-7-10;6-4-2-1-3-8-5(4)7/h1-6,15H;1-3,9-10H;1-3H. The van der Waals surface area contributed by atoms with E-state index in [0.29, 0.717) is 22.2 Å². The number of aromatic hydroxyl groups is 2. The summed E-state index contributed by atoms with van der Waals surface area (Å²) in [6, 6.07) is 17.9. The smallest absolute Gasteiger partial charge is 0.535 e. The lowest BCUT2D eigenvalue weighted by molar-refractivity contribution is 0.408. The van der Waals surface area contributed by atoms with Crippen molar-refractivity contribution in [1.29, 1.82) is 0 Å². The number of phenolic OH excluding ortho intramolecular Hbond substituents is 2. The molecule has 175 valence electrons. The second kappa shape index (κ2) is 15.0. The number of rotatable bonds is 3. The van der Waals surface area contributed by atoms with Crippen molar-refractivity contribution < 1.29 is 19.9 Å². The van der Waals surface area contributed by atoms with E-state index >= 15 is 0 Å². The first-order chi connectivity index (χ1) is 16.3. The first-order valence-electron chi connectivity index (χ1n) is 9.20. The summed E-state index contributed by atoms with van der Waals surface area (Å²) < 4.78 is 8.68. The molecular formula is C22H15BBr4IN2O4. The molecular weight excluding hydrogens is 814 g/mol. The van der Waals surface area contributed by atoms with E-state index in [2.05, 4.69) is 101 Å². The van der Waals surface area contributed by atoms with E-state index < -0.39 is 0 Å². The van der Waals surface area contributed by atoms with Crippen LogP contribution >= 0.6 is 86.3 Å². The molecule has 0 saturated carbocycles. The van der Waals surface area contributed by atoms with Crippen LogP contribution in [0.3, 0.4) is 0 Å². The average Bonchev–Trinajstić information content (AvgIpc) is 2.82. The minimum atomic E-state index is -0.0298. The van der Waals surface area contributed by atoms with Crippen molar-refractivity contribution in [2.75, 3.05) is 0 Å². The lowest BCUT2D eigenvalue weighted by atomic mass is 10.1. The van der Waals surface area contributed by atoms with Gasteiger partial charge in [0, 0.05) is 26.9 Å². The van der Waals surface area contributed by atoms with Crippen molar-refractivity contribution in [3.63, 3.8) is 0 Å². The number of nitrogens with zero attached hydrogens (tertiary/aromatic N) is 2. The normalized spacial score (nSPS) is 9.71. The number of hydrogen-bond donors (Lipinski definition) is 3. The van der Waals surface area contributed by atoms with Crippen LogP contribution in [0.4, 0.5) is 0 Å². The number of halogens is 5. The summed E-state index contributed by atoms with van der Waals surface area (Å²) >= 11 is 15.3. The maximum absolute atomic E-state index is 9.87. The molecule has 0 aliphatic rings. The molecule has 4 rings (SSSR count). The zero-order valence-corrected chi connectivity index (χ0v) is 25.5. The van der Waals surface area contributed by atoms with E-state index in [1.54, 1.807) is 30.6 Å². The third kappa shape index (κ3) is 8.79. The van der Waals surface area contributed by atoms with Crippen LogP contribution in [0, 0.1) is 3.70 Å². The first-order valence-corrected chi connectivity index (χ1v) is 13.5. The molecule has 2 aromatic carbocycles. The first kappa shape index (κ1) is 29.0. The van der Waals surface area contributed by atoms with Crippen molar-refractivity contribution in [2.24, 2.45) is 0 Å². The van der Waals surface area contributed by atoms with Crippen molar-refractivity contribution in [2.45, 2.75) is 0 Å². The summed E-state index contributed by atoms with van der Waals surface area (Å²) in [4.78, 5) is 8.24. The van der Waals surface area contributed by atoms with Gasteiger partial charge in [-0.1, -0.05) is 12.1 Å². The maximum Gasteiger partial charge on any atom is 0.569 e. The van der Waals surface area contributed by atoms with Gasteiger partial charge in [-0.2, -0.15) is 0 Å². The maximum atomic E-state index is 9.87. The number of para-hydroxylation sites is 2. The zero-order chi connectivity index (χ0) is 25.1. The molecule has 4 aromatic rings. The van der Waals surface area contributed by atoms with Crippen LogP contribution < -0.4 is 4.65 Å². The van der Waals surface area contributed by atoms with Gasteiger partial charge in [0.1, 0.15) is 15.2 Å². The van der Waals surface area contributed by atoms with E-state index in [0.717, 1.165) is 18.3 Å². The second-order valence-corrected chi connectivity index (χ2v) is 10.5. The van der Waals surface area contributed by atoms with Gasteiger partial charge >= 0.3 is 7.69 Å². The molecule has 34 heavy (non-hydrogen) atoms. The summed E-state index contributed by atoms with van der Waals surface area (Å²) in [6.07, 6.45) is 3.47. The van der Waals surface area contributed by atoms with Gasteiger partial charge in [-0.05, 0) is 135 Å². The van der Waals surface area contributed by atoms with E-state index in [4.69, 9.17) is 5.02 Å². The fourth-order valence-electron chi connectivity index (χ4n) is 2.30. The average molecular weight is 829 g/mol. The zero-order valence-electron chi connectivity index (χ0n) is 17.0. The Morgan fingerprint density at radius 3 is 1.82 bits per heavy atom. The number of hydrogen-bond acceptors (Lipinski definition) is 6. The van der Waals surface area contributed by atoms with Gasteiger partial charge in [0.25, 0.3) is 0 Å². The molecule has 0 amide bonds. The molecule has 0 aliphatic carbocycles. The highest BCUT2D eigenvalue weighted by Gasteiger charge is 2.10. The van der Waals surface area contributed by atoms with Gasteiger partial charge in [-0.25, -0.2) is 4.98 Å². The number of benzene rings is 2. The summed E-state index contributed by atoms with van der Waals surface area (Å²) in [5, 5.41) is 27.4. The minimum Gasteiger partial charge on any atom is -0.535 e. The Morgan fingerprint density at radius 2 is 1.26 bits per heavy atom. The van der Waals surface area contributed by atoms with Gasteiger partial charge in [-0.15, -0.1) is 0 Å². The molecule has 0 fully saturated rings. The Hall–Kier alpha value is -1.19. The Balaban J connectivity index is 0.000000190. The van der Waals surface area contributed by atoms with Crippen LogP contribution in [-0.2, 0) is 0 Å². The van der Waals surface area contributed by atoms with Crippen LogP contribution in [0.5, 0.6) is 17.2 Å². The lowest BCUT2D eigenvalue weighted by Crippen LogP contribution is -1.99. The molecule has 0 saturated heterocycles. The molecule has 3 N–H and O–H groups in total. The lowest BCUT2D eigenvalue weighted by Gasteiger charge is -2.06. The topological polar surface area (TPSA) is 95.7 Å². The molecule has 0 unspecified atom stereocenters. The Labute approximate surface area is 244 Å². The van der Waals surface area contributed by atoms with Gasteiger partial charge in [0.15, 0.2) is 5.75 Å². The molecule has 0 aliphatic heterocycles. The van der Waals surface area contributed by atoms with E-state index in [-0.39, 0.29) is 17.2 Å². The van der Waals surface area contributed by atoms with E-state index in [1.807, 2.05) is 36.4 Å². The molecule has 12 heteroatoms. The number of phenols is 2. The Morgan fingerprint density at radius 1 is 0.706 bits per heavy atom. The second-order valence-electron chi connectivity index (χ2n) is 6.06. The fraction of sp³-hybridized carbons (Fsp3) is 0. The van der Waals surface area contributed by atoms with Crippen molar-refractivity contribution in [3.05, 3.63) is 94.6 Å². The van der Waals surface area contributed by atoms with Gasteiger partial charge in [0.05, 0.1) is 14.6 Å². The Kier molecular flexibility index (Phi) is 12.9. The minimum absolute atomic E-state index is 0.0298.